The molecule has 0 amide bonds. The Labute approximate surface area is 85.9 Å². The molecule has 0 aromatic rings. The third kappa shape index (κ3) is 5.80. The topological polar surface area (TPSA) is 59.6 Å². The van der Waals surface area contributed by atoms with Crippen LogP contribution in [0.3, 0.4) is 0 Å². The molecule has 0 atom stereocenters. The van der Waals surface area contributed by atoms with Crippen molar-refractivity contribution in [3.05, 3.63) is 0 Å². The summed E-state index contributed by atoms with van der Waals surface area (Å²) in [6.07, 6.45) is 4.75. The Morgan fingerprint density at radius 3 is 2.93 bits per heavy atom. The maximum absolute atomic E-state index is 5.64. The van der Waals surface area contributed by atoms with Crippen molar-refractivity contribution in [2.45, 2.75) is 38.6 Å². The standard InChI is InChI=1S/C10H21N3O/c1-2-3-7-14-8-6-12-10(11)13-9-4-5-9/h9H,2-8H2,1H3,(H3,11,12,13). The van der Waals surface area contributed by atoms with Crippen LogP contribution < -0.4 is 11.1 Å². The Balaban J connectivity index is 1.89. The summed E-state index contributed by atoms with van der Waals surface area (Å²) >= 11 is 0. The van der Waals surface area contributed by atoms with Gasteiger partial charge in [-0.3, -0.25) is 4.99 Å². The maximum atomic E-state index is 5.64. The van der Waals surface area contributed by atoms with Crippen molar-refractivity contribution in [2.75, 3.05) is 19.8 Å². The molecule has 0 bridgehead atoms. The van der Waals surface area contributed by atoms with Crippen molar-refractivity contribution in [3.8, 4) is 0 Å². The van der Waals surface area contributed by atoms with Crippen LogP contribution in [0, 0.1) is 0 Å². The van der Waals surface area contributed by atoms with Gasteiger partial charge in [-0.1, -0.05) is 13.3 Å². The van der Waals surface area contributed by atoms with E-state index < -0.39 is 0 Å². The fraction of sp³-hybridized carbons (Fsp3) is 0.900. The molecular formula is C10H21N3O. The third-order valence-corrected chi connectivity index (χ3v) is 2.09. The second-order valence-electron chi connectivity index (χ2n) is 3.65. The number of nitrogens with one attached hydrogen (secondary N) is 1. The molecule has 1 fully saturated rings. The number of guanidine groups is 1. The molecule has 0 aromatic carbocycles. The van der Waals surface area contributed by atoms with Gasteiger partial charge in [-0.05, 0) is 19.3 Å². The van der Waals surface area contributed by atoms with Gasteiger partial charge in [0.05, 0.1) is 13.2 Å². The van der Waals surface area contributed by atoms with Gasteiger partial charge in [-0.15, -0.1) is 0 Å². The van der Waals surface area contributed by atoms with Gasteiger partial charge >= 0.3 is 0 Å². The monoisotopic (exact) mass is 199 g/mol. The molecule has 0 radical (unpaired) electrons. The molecule has 0 aliphatic heterocycles. The van der Waals surface area contributed by atoms with Gasteiger partial charge in [0, 0.05) is 12.6 Å². The average Bonchev–Trinajstić information content (AvgIpc) is 2.95. The first kappa shape index (κ1) is 11.3. The van der Waals surface area contributed by atoms with Crippen LogP contribution >= 0.6 is 0 Å². The van der Waals surface area contributed by atoms with Crippen LogP contribution in [0.5, 0.6) is 0 Å². The maximum Gasteiger partial charge on any atom is 0.188 e. The van der Waals surface area contributed by atoms with E-state index in [0.717, 1.165) is 13.0 Å². The van der Waals surface area contributed by atoms with Crippen molar-refractivity contribution in [2.24, 2.45) is 10.7 Å². The molecule has 1 saturated carbocycles. The Morgan fingerprint density at radius 1 is 1.50 bits per heavy atom. The molecule has 1 aliphatic rings. The highest BCUT2D eigenvalue weighted by Gasteiger charge is 2.21. The first-order valence-electron chi connectivity index (χ1n) is 5.47. The third-order valence-electron chi connectivity index (χ3n) is 2.09. The van der Waals surface area contributed by atoms with Gasteiger partial charge in [0.15, 0.2) is 5.96 Å². The summed E-state index contributed by atoms with van der Waals surface area (Å²) < 4.78 is 5.35. The molecule has 3 N–H and O–H groups in total. The van der Waals surface area contributed by atoms with Crippen molar-refractivity contribution in [3.63, 3.8) is 0 Å². The fourth-order valence-electron chi connectivity index (χ4n) is 1.06. The summed E-state index contributed by atoms with van der Waals surface area (Å²) in [5.74, 6) is 0.562. The Kier molecular flexibility index (Phi) is 5.37. The first-order valence-corrected chi connectivity index (χ1v) is 5.47. The number of hydrogen-bond acceptors (Lipinski definition) is 2. The van der Waals surface area contributed by atoms with Gasteiger partial charge in [-0.25, -0.2) is 0 Å². The predicted octanol–water partition coefficient (Wildman–Crippen LogP) is 0.870. The lowest BCUT2D eigenvalue weighted by molar-refractivity contribution is 0.139. The summed E-state index contributed by atoms with van der Waals surface area (Å²) in [6, 6.07) is 0.583. The van der Waals surface area contributed by atoms with Crippen LogP contribution in [0.2, 0.25) is 0 Å². The van der Waals surface area contributed by atoms with Crippen LogP contribution in [-0.4, -0.2) is 31.8 Å². The van der Waals surface area contributed by atoms with E-state index in [9.17, 15) is 0 Å². The Hall–Kier alpha value is -0.770. The van der Waals surface area contributed by atoms with Crippen LogP contribution in [-0.2, 0) is 4.74 Å². The molecule has 4 heteroatoms. The fourth-order valence-corrected chi connectivity index (χ4v) is 1.06. The molecule has 0 saturated heterocycles. The van der Waals surface area contributed by atoms with Gasteiger partial charge < -0.3 is 15.8 Å². The van der Waals surface area contributed by atoms with Crippen molar-refractivity contribution < 1.29 is 4.74 Å². The minimum atomic E-state index is 0.562. The lowest BCUT2D eigenvalue weighted by atomic mass is 10.4. The number of rotatable bonds is 7. The molecule has 1 rings (SSSR count). The van der Waals surface area contributed by atoms with Gasteiger partial charge in [0.1, 0.15) is 0 Å². The lowest BCUT2D eigenvalue weighted by Crippen LogP contribution is -2.33. The van der Waals surface area contributed by atoms with E-state index in [1.165, 1.54) is 19.3 Å². The second kappa shape index (κ2) is 6.65. The molecule has 0 heterocycles. The Morgan fingerprint density at radius 2 is 2.29 bits per heavy atom. The Bertz CT molecular complexity index is 178. The minimum absolute atomic E-state index is 0.562. The minimum Gasteiger partial charge on any atom is -0.380 e. The highest BCUT2D eigenvalue weighted by molar-refractivity contribution is 5.78. The molecule has 14 heavy (non-hydrogen) atoms. The van der Waals surface area contributed by atoms with E-state index in [1.807, 2.05) is 0 Å². The summed E-state index contributed by atoms with van der Waals surface area (Å²) in [5, 5.41) is 3.13. The van der Waals surface area contributed by atoms with Crippen molar-refractivity contribution in [1.29, 1.82) is 0 Å². The molecule has 1 aliphatic carbocycles. The second-order valence-corrected chi connectivity index (χ2v) is 3.65. The van der Waals surface area contributed by atoms with Crippen LogP contribution in [0.25, 0.3) is 0 Å². The molecular weight excluding hydrogens is 178 g/mol. The van der Waals surface area contributed by atoms with E-state index >= 15 is 0 Å². The molecule has 0 aromatic heterocycles. The van der Waals surface area contributed by atoms with Gasteiger partial charge in [0.25, 0.3) is 0 Å². The smallest absolute Gasteiger partial charge is 0.188 e. The zero-order chi connectivity index (χ0) is 10.2. The van der Waals surface area contributed by atoms with Crippen LogP contribution in [0.4, 0.5) is 0 Å². The molecule has 4 nitrogen and oxygen atoms in total. The van der Waals surface area contributed by atoms with E-state index in [1.54, 1.807) is 0 Å². The number of hydrogen-bond donors (Lipinski definition) is 2. The van der Waals surface area contributed by atoms with E-state index in [2.05, 4.69) is 17.2 Å². The normalized spacial score (nSPS) is 17.1. The number of aliphatic imine (C=N–C) groups is 1. The zero-order valence-electron chi connectivity index (χ0n) is 8.96. The summed E-state index contributed by atoms with van der Waals surface area (Å²) in [7, 11) is 0. The quantitative estimate of drug-likeness (QED) is 0.363. The van der Waals surface area contributed by atoms with Gasteiger partial charge in [-0.2, -0.15) is 0 Å². The van der Waals surface area contributed by atoms with Crippen molar-refractivity contribution >= 4 is 5.96 Å². The first-order chi connectivity index (χ1) is 6.83. The largest absolute Gasteiger partial charge is 0.380 e. The summed E-state index contributed by atoms with van der Waals surface area (Å²) in [5.41, 5.74) is 5.64. The number of ether oxygens (including phenoxy) is 1. The number of nitrogens with two attached hydrogens (primary N) is 1. The lowest BCUT2D eigenvalue weighted by Gasteiger charge is -2.03. The predicted molar refractivity (Wildman–Crippen MR) is 58.4 cm³/mol. The summed E-state index contributed by atoms with van der Waals surface area (Å²) in [4.78, 5) is 4.16. The van der Waals surface area contributed by atoms with Crippen LogP contribution in [0.1, 0.15) is 32.6 Å². The van der Waals surface area contributed by atoms with Crippen molar-refractivity contribution in [1.82, 2.24) is 5.32 Å². The molecule has 0 spiro atoms. The van der Waals surface area contributed by atoms with Crippen LogP contribution in [0.15, 0.2) is 4.99 Å². The molecule has 82 valence electrons. The average molecular weight is 199 g/mol. The SMILES string of the molecule is CCCCOCCN=C(N)NC1CC1. The summed E-state index contributed by atoms with van der Waals surface area (Å²) in [6.45, 7) is 4.32. The van der Waals surface area contributed by atoms with E-state index in [-0.39, 0.29) is 0 Å². The highest BCUT2D eigenvalue weighted by atomic mass is 16.5. The zero-order valence-corrected chi connectivity index (χ0v) is 8.96. The highest BCUT2D eigenvalue weighted by Crippen LogP contribution is 2.17. The number of unbranched alkanes of at least 4 members (excludes halogenated alkanes) is 1. The number of nitrogens with zero attached hydrogens (tertiary/aromatic N) is 1. The van der Waals surface area contributed by atoms with E-state index in [0.29, 0.717) is 25.2 Å². The van der Waals surface area contributed by atoms with Gasteiger partial charge in [0.2, 0.25) is 0 Å². The van der Waals surface area contributed by atoms with E-state index in [4.69, 9.17) is 10.5 Å². The molecule has 0 unspecified atom stereocenters.